The third-order valence-electron chi connectivity index (χ3n) is 7.51. The summed E-state index contributed by atoms with van der Waals surface area (Å²) in [6, 6.07) is 11.6. The van der Waals surface area contributed by atoms with Crippen LogP contribution in [0.2, 0.25) is 0 Å². The normalized spacial score (nSPS) is 18.9. The van der Waals surface area contributed by atoms with Gasteiger partial charge in [-0.2, -0.15) is 10.5 Å². The number of hydrogen-bond donors (Lipinski definition) is 1. The second-order valence-electron chi connectivity index (χ2n) is 10.5. The van der Waals surface area contributed by atoms with Gasteiger partial charge in [-0.3, -0.25) is 24.4 Å². The molecular formula is C29H34N6O2. The summed E-state index contributed by atoms with van der Waals surface area (Å²) in [5.74, 6) is -0.546. The van der Waals surface area contributed by atoms with Crippen molar-refractivity contribution in [3.8, 4) is 12.3 Å². The molecule has 8 heteroatoms. The summed E-state index contributed by atoms with van der Waals surface area (Å²) in [6.07, 6.45) is 11.8. The van der Waals surface area contributed by atoms with Gasteiger partial charge in [-0.15, -0.1) is 0 Å². The molecule has 8 nitrogen and oxygen atoms in total. The van der Waals surface area contributed by atoms with Gasteiger partial charge in [0.1, 0.15) is 12.1 Å². The Hall–Kier alpha value is -3.91. The minimum Gasteiger partial charge on any atom is -0.351 e. The Bertz CT molecular complexity index is 1180. The second-order valence-corrected chi connectivity index (χ2v) is 10.5. The average molecular weight is 499 g/mol. The van der Waals surface area contributed by atoms with Crippen molar-refractivity contribution >= 4 is 17.5 Å². The largest absolute Gasteiger partial charge is 0.351 e. The monoisotopic (exact) mass is 498 g/mol. The molecule has 1 aromatic carbocycles. The van der Waals surface area contributed by atoms with Gasteiger partial charge in [-0.05, 0) is 63.3 Å². The van der Waals surface area contributed by atoms with E-state index in [1.165, 1.54) is 16.2 Å². The Morgan fingerprint density at radius 2 is 1.81 bits per heavy atom. The molecule has 0 spiro atoms. The van der Waals surface area contributed by atoms with Crippen molar-refractivity contribution in [1.29, 1.82) is 10.5 Å². The molecule has 0 radical (unpaired) electrons. The van der Waals surface area contributed by atoms with Crippen molar-refractivity contribution in [2.24, 2.45) is 0 Å². The molecule has 1 N–H and O–H groups in total. The Kier molecular flexibility index (Phi) is 8.08. The summed E-state index contributed by atoms with van der Waals surface area (Å²) in [7, 11) is 0. The van der Waals surface area contributed by atoms with Crippen molar-refractivity contribution in [2.45, 2.75) is 82.3 Å². The molecule has 1 saturated heterocycles. The maximum atomic E-state index is 14.1. The highest BCUT2D eigenvalue weighted by Crippen LogP contribution is 2.33. The van der Waals surface area contributed by atoms with E-state index in [9.17, 15) is 20.1 Å². The first kappa shape index (κ1) is 26.2. The van der Waals surface area contributed by atoms with Crippen molar-refractivity contribution in [3.05, 3.63) is 59.9 Å². The molecule has 2 fully saturated rings. The van der Waals surface area contributed by atoms with Gasteiger partial charge in [-0.25, -0.2) is 0 Å². The van der Waals surface area contributed by atoms with Crippen molar-refractivity contribution in [3.63, 3.8) is 0 Å². The van der Waals surface area contributed by atoms with Crippen LogP contribution < -0.4 is 10.2 Å². The lowest BCUT2D eigenvalue weighted by molar-refractivity contribution is -0.128. The number of nitrogens with one attached hydrogen (secondary N) is 1. The summed E-state index contributed by atoms with van der Waals surface area (Å²) in [4.78, 5) is 35.3. The molecule has 2 atom stereocenters. The number of nitriles is 2. The molecule has 1 saturated carbocycles. The van der Waals surface area contributed by atoms with E-state index in [2.05, 4.69) is 22.6 Å². The smallest absolute Gasteiger partial charge is 0.251 e. The summed E-state index contributed by atoms with van der Waals surface area (Å²) >= 11 is 0. The molecule has 1 aliphatic carbocycles. The molecule has 4 rings (SSSR count). The molecule has 1 aliphatic heterocycles. The summed E-state index contributed by atoms with van der Waals surface area (Å²) in [5, 5.41) is 22.4. The van der Waals surface area contributed by atoms with Crippen molar-refractivity contribution < 1.29 is 9.59 Å². The van der Waals surface area contributed by atoms with E-state index in [1.807, 2.05) is 32.0 Å². The summed E-state index contributed by atoms with van der Waals surface area (Å²) < 4.78 is 0. The highest BCUT2D eigenvalue weighted by molar-refractivity contribution is 6.04. The van der Waals surface area contributed by atoms with Gasteiger partial charge in [0.15, 0.2) is 6.19 Å². The fourth-order valence-corrected chi connectivity index (χ4v) is 5.29. The first-order valence-electron chi connectivity index (χ1n) is 13.1. The Morgan fingerprint density at radius 1 is 1.08 bits per heavy atom. The van der Waals surface area contributed by atoms with Crippen molar-refractivity contribution in [2.75, 3.05) is 11.4 Å². The lowest BCUT2D eigenvalue weighted by atomic mass is 9.86. The van der Waals surface area contributed by atoms with Crippen molar-refractivity contribution in [1.82, 2.24) is 15.2 Å². The minimum atomic E-state index is -0.945. The van der Waals surface area contributed by atoms with Crippen LogP contribution in [0.15, 0.2) is 48.8 Å². The van der Waals surface area contributed by atoms with Gasteiger partial charge in [-0.1, -0.05) is 37.5 Å². The average Bonchev–Trinajstić information content (AvgIpc) is 3.41. The van der Waals surface area contributed by atoms with Crippen LogP contribution in [0.5, 0.6) is 0 Å². The number of rotatable bonds is 7. The number of aromatic nitrogens is 1. The second kappa shape index (κ2) is 11.4. The third-order valence-corrected chi connectivity index (χ3v) is 7.51. The van der Waals surface area contributed by atoms with Crippen LogP contribution in [0.25, 0.3) is 0 Å². The van der Waals surface area contributed by atoms with Crippen LogP contribution in [0.4, 0.5) is 5.69 Å². The molecular weight excluding hydrogens is 464 g/mol. The highest BCUT2D eigenvalue weighted by Gasteiger charge is 2.40. The zero-order chi connectivity index (χ0) is 26.4. The van der Waals surface area contributed by atoms with Gasteiger partial charge in [0, 0.05) is 36.2 Å². The molecule has 2 aliphatic rings. The van der Waals surface area contributed by atoms with E-state index in [-0.39, 0.29) is 17.9 Å². The molecule has 2 heterocycles. The Morgan fingerprint density at radius 3 is 2.43 bits per heavy atom. The SMILES string of the molecule is CC(C)(C#N)c1ccc(N(C(=O)[C@H]2CCCN2C#N)C(C(=O)NC2CCCCC2)c2cccnc2)cc1. The number of carbonyl (C=O) groups excluding carboxylic acids is 2. The summed E-state index contributed by atoms with van der Waals surface area (Å²) in [5.41, 5.74) is 1.26. The highest BCUT2D eigenvalue weighted by atomic mass is 16.2. The molecule has 192 valence electrons. The summed E-state index contributed by atoms with van der Waals surface area (Å²) in [6.45, 7) is 4.19. The van der Waals surface area contributed by atoms with E-state index >= 15 is 0 Å². The maximum Gasteiger partial charge on any atom is 0.251 e. The van der Waals surface area contributed by atoms with Gasteiger partial charge < -0.3 is 5.32 Å². The Labute approximate surface area is 218 Å². The number of nitrogens with zero attached hydrogens (tertiary/aromatic N) is 5. The van der Waals surface area contributed by atoms with E-state index in [0.717, 1.165) is 37.7 Å². The zero-order valence-corrected chi connectivity index (χ0v) is 21.6. The molecule has 1 aromatic heterocycles. The number of pyridine rings is 1. The van der Waals surface area contributed by atoms with Crippen LogP contribution in [0.3, 0.4) is 0 Å². The van der Waals surface area contributed by atoms with E-state index < -0.39 is 17.5 Å². The topological polar surface area (TPSA) is 113 Å². The lowest BCUT2D eigenvalue weighted by Crippen LogP contribution is -2.51. The minimum absolute atomic E-state index is 0.0678. The van der Waals surface area contributed by atoms with Gasteiger partial charge in [0.2, 0.25) is 5.91 Å². The predicted molar refractivity (Wildman–Crippen MR) is 140 cm³/mol. The van der Waals surface area contributed by atoms with Crippen LogP contribution in [-0.4, -0.2) is 40.3 Å². The van der Waals surface area contributed by atoms with Gasteiger partial charge >= 0.3 is 0 Å². The number of anilines is 1. The first-order valence-corrected chi connectivity index (χ1v) is 13.1. The molecule has 2 aromatic rings. The van der Waals surface area contributed by atoms with E-state index in [4.69, 9.17) is 0 Å². The molecule has 0 bridgehead atoms. The number of likely N-dealkylation sites (tertiary alicyclic amines) is 1. The van der Waals surface area contributed by atoms with Crippen LogP contribution in [0, 0.1) is 22.8 Å². The van der Waals surface area contributed by atoms with Crippen LogP contribution >= 0.6 is 0 Å². The maximum absolute atomic E-state index is 14.1. The fraction of sp³-hybridized carbons (Fsp3) is 0.483. The predicted octanol–water partition coefficient (Wildman–Crippen LogP) is 4.35. The number of amides is 2. The van der Waals surface area contributed by atoms with E-state index in [0.29, 0.717) is 24.2 Å². The molecule has 1 unspecified atom stereocenters. The zero-order valence-electron chi connectivity index (χ0n) is 21.6. The molecule has 37 heavy (non-hydrogen) atoms. The quantitative estimate of drug-likeness (QED) is 0.568. The van der Waals surface area contributed by atoms with Crippen LogP contribution in [0.1, 0.15) is 76.0 Å². The van der Waals surface area contributed by atoms with Gasteiger partial charge in [0.05, 0.1) is 11.5 Å². The fourth-order valence-electron chi connectivity index (χ4n) is 5.29. The van der Waals surface area contributed by atoms with Crippen LogP contribution in [-0.2, 0) is 15.0 Å². The third kappa shape index (κ3) is 5.75. The Balaban J connectivity index is 1.78. The van der Waals surface area contributed by atoms with E-state index in [1.54, 1.807) is 30.6 Å². The number of benzene rings is 1. The standard InChI is InChI=1S/C29H34N6O2/c1-29(2,19-30)22-12-14-24(15-13-22)35(28(37)25-11-7-17-34(25)20-31)26(21-8-6-16-32-18-21)27(36)33-23-9-4-3-5-10-23/h6,8,12-16,18,23,25-26H,3-5,7,9-11,17H2,1-2H3,(H,33,36)/t25-,26?/m1/s1. The lowest BCUT2D eigenvalue weighted by Gasteiger charge is -2.35. The van der Waals surface area contributed by atoms with Gasteiger partial charge in [0.25, 0.3) is 5.91 Å². The number of hydrogen-bond acceptors (Lipinski definition) is 6. The molecule has 2 amide bonds. The number of carbonyl (C=O) groups is 2. The first-order chi connectivity index (χ1) is 17.9.